The van der Waals surface area contributed by atoms with Gasteiger partial charge in [-0.3, -0.25) is 0 Å². The molecule has 0 aromatic rings. The van der Waals surface area contributed by atoms with Crippen LogP contribution in [0.15, 0.2) is 11.0 Å². The average molecular weight is 289 g/mol. The minimum Gasteiger partial charge on any atom is -0.340 e. The molecule has 3 aliphatic rings. The summed E-state index contributed by atoms with van der Waals surface area (Å²) in [5, 5.41) is 0. The first kappa shape index (κ1) is 13.3. The summed E-state index contributed by atoms with van der Waals surface area (Å²) in [6.07, 6.45) is 11.2. The molecule has 3 unspecified atom stereocenters. The fourth-order valence-corrected chi connectivity index (χ4v) is 4.07. The van der Waals surface area contributed by atoms with Crippen LogP contribution in [0.5, 0.6) is 0 Å². The summed E-state index contributed by atoms with van der Waals surface area (Å²) >= 11 is 0. The molecule has 84 valence electrons. The molecule has 1 fully saturated rings. The second-order valence-corrected chi connectivity index (χ2v) is 5.74. The SMILES string of the molecule is [CH2-]C1CC2CC[B]C3=C(CCCC3)C2C1.[Y]. The van der Waals surface area contributed by atoms with Crippen molar-refractivity contribution in [2.45, 2.75) is 51.3 Å². The van der Waals surface area contributed by atoms with Crippen LogP contribution in [-0.4, -0.2) is 7.28 Å². The molecule has 0 N–H and O–H groups in total. The maximum Gasteiger partial charge on any atom is 0.145 e. The smallest absolute Gasteiger partial charge is 0.145 e. The van der Waals surface area contributed by atoms with E-state index >= 15 is 0 Å². The summed E-state index contributed by atoms with van der Waals surface area (Å²) < 4.78 is 0. The van der Waals surface area contributed by atoms with Crippen molar-refractivity contribution in [2.24, 2.45) is 17.8 Å². The summed E-state index contributed by atoms with van der Waals surface area (Å²) in [5.74, 6) is 2.66. The van der Waals surface area contributed by atoms with Gasteiger partial charge in [0.05, 0.1) is 0 Å². The maximum atomic E-state index is 4.30. The molecule has 0 aromatic heterocycles. The van der Waals surface area contributed by atoms with Crippen LogP contribution in [0.2, 0.25) is 6.32 Å². The molecule has 2 radical (unpaired) electrons. The van der Waals surface area contributed by atoms with Crippen molar-refractivity contribution in [1.29, 1.82) is 0 Å². The van der Waals surface area contributed by atoms with Gasteiger partial charge < -0.3 is 6.92 Å². The molecule has 1 aliphatic heterocycles. The van der Waals surface area contributed by atoms with Gasteiger partial charge in [-0.2, -0.15) is 5.92 Å². The molecule has 16 heavy (non-hydrogen) atoms. The van der Waals surface area contributed by atoms with Crippen molar-refractivity contribution < 1.29 is 32.7 Å². The van der Waals surface area contributed by atoms with Crippen molar-refractivity contribution in [3.8, 4) is 0 Å². The number of fused-ring (bicyclic) bond motifs is 2. The molecule has 0 nitrogen and oxygen atoms in total. The fourth-order valence-electron chi connectivity index (χ4n) is 4.07. The summed E-state index contributed by atoms with van der Waals surface area (Å²) in [5.41, 5.74) is 3.61. The van der Waals surface area contributed by atoms with E-state index in [-0.39, 0.29) is 32.7 Å². The molecule has 3 atom stereocenters. The Bertz CT molecular complexity index is 284. The number of rotatable bonds is 0. The third-order valence-corrected chi connectivity index (χ3v) is 4.72. The predicted molar refractivity (Wildman–Crippen MR) is 65.7 cm³/mol. The largest absolute Gasteiger partial charge is 0.340 e. The van der Waals surface area contributed by atoms with Gasteiger partial charge in [0.15, 0.2) is 0 Å². The van der Waals surface area contributed by atoms with Gasteiger partial charge in [0.1, 0.15) is 7.28 Å². The maximum absolute atomic E-state index is 4.30. The summed E-state index contributed by atoms with van der Waals surface area (Å²) in [7, 11) is 2.56. The van der Waals surface area contributed by atoms with Crippen molar-refractivity contribution >= 4 is 7.28 Å². The van der Waals surface area contributed by atoms with E-state index in [0.29, 0.717) is 0 Å². The molecule has 0 saturated heterocycles. The van der Waals surface area contributed by atoms with Gasteiger partial charge in [0, 0.05) is 32.7 Å². The van der Waals surface area contributed by atoms with E-state index in [1.807, 2.05) is 5.57 Å². The normalized spacial score (nSPS) is 37.9. The van der Waals surface area contributed by atoms with Gasteiger partial charge in [0.2, 0.25) is 0 Å². The molecule has 0 aromatic carbocycles. The minimum atomic E-state index is 0. The third-order valence-electron chi connectivity index (χ3n) is 4.72. The van der Waals surface area contributed by atoms with Crippen LogP contribution in [0.3, 0.4) is 0 Å². The van der Waals surface area contributed by atoms with Crippen LogP contribution in [0, 0.1) is 24.7 Å². The van der Waals surface area contributed by atoms with E-state index in [1.165, 1.54) is 51.3 Å². The number of hydrogen-bond acceptors (Lipinski definition) is 0. The number of allylic oxidation sites excluding steroid dienone is 2. The quantitative estimate of drug-likeness (QED) is 0.470. The summed E-state index contributed by atoms with van der Waals surface area (Å²) in [6.45, 7) is 4.30. The average Bonchev–Trinajstić information content (AvgIpc) is 2.52. The van der Waals surface area contributed by atoms with Crippen molar-refractivity contribution in [2.75, 3.05) is 0 Å². The van der Waals surface area contributed by atoms with Gasteiger partial charge in [-0.1, -0.05) is 37.6 Å². The van der Waals surface area contributed by atoms with Crippen LogP contribution in [-0.2, 0) is 32.7 Å². The Hall–Kier alpha value is 0.909. The van der Waals surface area contributed by atoms with E-state index < -0.39 is 0 Å². The Labute approximate surface area is 126 Å². The van der Waals surface area contributed by atoms with Gasteiger partial charge in [-0.25, -0.2) is 0 Å². The topological polar surface area (TPSA) is 0 Å². The van der Waals surface area contributed by atoms with Gasteiger partial charge in [-0.15, -0.1) is 5.47 Å². The predicted octanol–water partition coefficient (Wildman–Crippen LogP) is 3.81. The van der Waals surface area contributed by atoms with Gasteiger partial charge >= 0.3 is 0 Å². The molecule has 0 spiro atoms. The van der Waals surface area contributed by atoms with Gasteiger partial charge in [0.25, 0.3) is 0 Å². The van der Waals surface area contributed by atoms with Gasteiger partial charge in [-0.05, 0) is 31.1 Å². The molecule has 2 heteroatoms. The molecular formula is C14H21BY-. The fraction of sp³-hybridized carbons (Fsp3) is 0.786. The van der Waals surface area contributed by atoms with E-state index in [2.05, 4.69) is 14.2 Å². The minimum absolute atomic E-state index is 0. The van der Waals surface area contributed by atoms with Crippen LogP contribution < -0.4 is 0 Å². The Morgan fingerprint density at radius 2 is 1.94 bits per heavy atom. The Balaban J connectivity index is 0.000000963. The summed E-state index contributed by atoms with van der Waals surface area (Å²) in [6, 6.07) is 0. The first-order chi connectivity index (χ1) is 7.34. The summed E-state index contributed by atoms with van der Waals surface area (Å²) in [4.78, 5) is 0. The Kier molecular flexibility index (Phi) is 4.75. The molecule has 1 heterocycles. The van der Waals surface area contributed by atoms with Crippen molar-refractivity contribution in [3.05, 3.63) is 18.0 Å². The first-order valence-electron chi connectivity index (χ1n) is 6.73. The van der Waals surface area contributed by atoms with E-state index in [9.17, 15) is 0 Å². The van der Waals surface area contributed by atoms with Crippen LogP contribution in [0.4, 0.5) is 0 Å². The molecule has 0 bridgehead atoms. The molecule has 0 amide bonds. The second-order valence-electron chi connectivity index (χ2n) is 5.74. The van der Waals surface area contributed by atoms with E-state index in [1.54, 1.807) is 5.47 Å². The van der Waals surface area contributed by atoms with E-state index in [4.69, 9.17) is 0 Å². The van der Waals surface area contributed by atoms with Crippen molar-refractivity contribution in [1.82, 2.24) is 0 Å². The first-order valence-corrected chi connectivity index (χ1v) is 6.73. The molecular weight excluding hydrogens is 268 g/mol. The Morgan fingerprint density at radius 1 is 1.12 bits per heavy atom. The van der Waals surface area contributed by atoms with E-state index in [0.717, 1.165) is 17.8 Å². The standard InChI is InChI=1S/C14H21B.Y/c1-10-8-11-6-7-15-14-5-3-2-4-12(14)13(11)9-10;/h10-11,13H,1-9H2;/q-1;. The molecule has 2 aliphatic carbocycles. The zero-order chi connectivity index (χ0) is 10.3. The molecule has 3 rings (SSSR count). The Morgan fingerprint density at radius 3 is 2.81 bits per heavy atom. The third kappa shape index (κ3) is 2.51. The monoisotopic (exact) mass is 289 g/mol. The molecule has 1 saturated carbocycles. The van der Waals surface area contributed by atoms with Crippen LogP contribution >= 0.6 is 0 Å². The second kappa shape index (κ2) is 5.70. The van der Waals surface area contributed by atoms with Crippen LogP contribution in [0.1, 0.15) is 44.9 Å². The van der Waals surface area contributed by atoms with Crippen LogP contribution in [0.25, 0.3) is 0 Å². The zero-order valence-electron chi connectivity index (χ0n) is 10.3. The zero-order valence-corrected chi connectivity index (χ0v) is 13.1. The van der Waals surface area contributed by atoms with Crippen molar-refractivity contribution in [3.63, 3.8) is 0 Å². The number of hydrogen-bond donors (Lipinski definition) is 0.